The van der Waals surface area contributed by atoms with Gasteiger partial charge in [0.2, 0.25) is 0 Å². The molecule has 1 fully saturated rings. The number of nitrogens with zero attached hydrogens (tertiary/aromatic N) is 2. The molecule has 1 aromatic rings. The van der Waals surface area contributed by atoms with Crippen molar-refractivity contribution in [2.75, 3.05) is 26.8 Å². The van der Waals surface area contributed by atoms with Crippen LogP contribution in [0.4, 0.5) is 8.78 Å². The maximum Gasteiger partial charge on any atom is 0.387 e. The van der Waals surface area contributed by atoms with Crippen LogP contribution >= 0.6 is 0 Å². The molecule has 0 aliphatic carbocycles. The highest BCUT2D eigenvalue weighted by Crippen LogP contribution is 2.28. The van der Waals surface area contributed by atoms with Crippen molar-refractivity contribution in [1.29, 1.82) is 0 Å². The fraction of sp³-hybridized carbons (Fsp3) is 0.529. The summed E-state index contributed by atoms with van der Waals surface area (Å²) in [5.41, 5.74) is 0.546. The normalized spacial score (nSPS) is 20.5. The van der Waals surface area contributed by atoms with Gasteiger partial charge in [0, 0.05) is 18.7 Å². The molecule has 1 saturated heterocycles. The number of hydrogen-bond donors (Lipinski definition) is 0. The minimum absolute atomic E-state index is 0.0207. The second-order valence-electron chi connectivity index (χ2n) is 5.85. The number of carbonyl (C=O) groups excluding carboxylic acids is 1. The van der Waals surface area contributed by atoms with Crippen molar-refractivity contribution in [3.63, 3.8) is 0 Å². The van der Waals surface area contributed by atoms with Crippen molar-refractivity contribution in [1.82, 2.24) is 4.90 Å². The van der Waals surface area contributed by atoms with Crippen LogP contribution in [-0.4, -0.2) is 62.6 Å². The third-order valence-electron chi connectivity index (χ3n) is 3.64. The third kappa shape index (κ3) is 5.83. The maximum atomic E-state index is 12.3. The number of oxime groups is 1. The summed E-state index contributed by atoms with van der Waals surface area (Å²) in [4.78, 5) is 18.8. The van der Waals surface area contributed by atoms with Gasteiger partial charge < -0.3 is 23.9 Å². The van der Waals surface area contributed by atoms with E-state index in [1.54, 1.807) is 4.90 Å². The Morgan fingerprint density at radius 2 is 2.04 bits per heavy atom. The summed E-state index contributed by atoms with van der Waals surface area (Å²) < 4.78 is 39.5. The lowest BCUT2D eigenvalue weighted by Gasteiger charge is -2.34. The van der Waals surface area contributed by atoms with Crippen molar-refractivity contribution in [2.45, 2.75) is 32.7 Å². The molecule has 0 radical (unpaired) electrons. The van der Waals surface area contributed by atoms with Gasteiger partial charge in [0.25, 0.3) is 5.91 Å². The molecule has 0 spiro atoms. The SMILES string of the molecule is COc1cc(C=NOCC(=O)N2CC(C)OC(C)C2)ccc1OC(F)F. The Labute approximate surface area is 150 Å². The first-order valence-corrected chi connectivity index (χ1v) is 8.10. The Hall–Kier alpha value is -2.42. The van der Waals surface area contributed by atoms with Crippen LogP contribution in [0.3, 0.4) is 0 Å². The van der Waals surface area contributed by atoms with Gasteiger partial charge in [0.1, 0.15) is 0 Å². The van der Waals surface area contributed by atoms with Crippen molar-refractivity contribution >= 4 is 12.1 Å². The van der Waals surface area contributed by atoms with E-state index < -0.39 is 6.61 Å². The van der Waals surface area contributed by atoms with E-state index in [1.165, 1.54) is 31.5 Å². The molecule has 2 unspecified atom stereocenters. The van der Waals surface area contributed by atoms with Gasteiger partial charge in [-0.15, -0.1) is 0 Å². The Bertz CT molecular complexity index is 632. The Balaban J connectivity index is 1.87. The quantitative estimate of drug-likeness (QED) is 0.543. The van der Waals surface area contributed by atoms with Gasteiger partial charge in [0.15, 0.2) is 18.1 Å². The number of morpholine rings is 1. The van der Waals surface area contributed by atoms with Crippen LogP contribution in [0.15, 0.2) is 23.4 Å². The number of rotatable bonds is 7. The number of ether oxygens (including phenoxy) is 3. The number of halogens is 2. The van der Waals surface area contributed by atoms with Gasteiger partial charge in [-0.2, -0.15) is 8.78 Å². The molecule has 2 atom stereocenters. The molecule has 0 aromatic heterocycles. The monoisotopic (exact) mass is 372 g/mol. The van der Waals surface area contributed by atoms with Crippen molar-refractivity contribution in [3.8, 4) is 11.5 Å². The van der Waals surface area contributed by atoms with Crippen LogP contribution in [0.1, 0.15) is 19.4 Å². The molecule has 9 heteroatoms. The van der Waals surface area contributed by atoms with Crippen LogP contribution in [0.2, 0.25) is 0 Å². The number of amides is 1. The smallest absolute Gasteiger partial charge is 0.387 e. The number of methoxy groups -OCH3 is 1. The fourth-order valence-electron chi connectivity index (χ4n) is 2.62. The van der Waals surface area contributed by atoms with Crippen LogP contribution in [0.5, 0.6) is 11.5 Å². The molecule has 1 amide bonds. The van der Waals surface area contributed by atoms with Gasteiger partial charge in [-0.1, -0.05) is 5.16 Å². The summed E-state index contributed by atoms with van der Waals surface area (Å²) in [5.74, 6) is -0.115. The van der Waals surface area contributed by atoms with E-state index in [9.17, 15) is 13.6 Å². The Morgan fingerprint density at radius 3 is 2.65 bits per heavy atom. The molecular formula is C17H22F2N2O5. The number of alkyl halides is 2. The molecule has 0 N–H and O–H groups in total. The molecule has 0 bridgehead atoms. The first kappa shape index (κ1) is 19.9. The van der Waals surface area contributed by atoms with E-state index in [-0.39, 0.29) is 36.2 Å². The van der Waals surface area contributed by atoms with Crippen LogP contribution < -0.4 is 9.47 Å². The highest BCUT2D eigenvalue weighted by atomic mass is 19.3. The highest BCUT2D eigenvalue weighted by Gasteiger charge is 2.25. The maximum absolute atomic E-state index is 12.3. The molecule has 1 aliphatic heterocycles. The average molecular weight is 372 g/mol. The minimum Gasteiger partial charge on any atom is -0.493 e. The van der Waals surface area contributed by atoms with Gasteiger partial charge in [-0.3, -0.25) is 4.79 Å². The largest absolute Gasteiger partial charge is 0.493 e. The topological polar surface area (TPSA) is 69.6 Å². The lowest BCUT2D eigenvalue weighted by Crippen LogP contribution is -2.49. The van der Waals surface area contributed by atoms with E-state index in [0.717, 1.165) is 0 Å². The second-order valence-corrected chi connectivity index (χ2v) is 5.85. The molecule has 144 valence electrons. The molecule has 1 aromatic carbocycles. The molecule has 7 nitrogen and oxygen atoms in total. The van der Waals surface area contributed by atoms with Crippen molar-refractivity contribution in [3.05, 3.63) is 23.8 Å². The summed E-state index contributed by atoms with van der Waals surface area (Å²) in [6, 6.07) is 4.33. The first-order chi connectivity index (χ1) is 12.4. The van der Waals surface area contributed by atoms with Crippen LogP contribution in [0.25, 0.3) is 0 Å². The van der Waals surface area contributed by atoms with Crippen molar-refractivity contribution in [2.24, 2.45) is 5.16 Å². The fourth-order valence-corrected chi connectivity index (χ4v) is 2.62. The average Bonchev–Trinajstić information content (AvgIpc) is 2.58. The standard InChI is InChI=1S/C17H22F2N2O5/c1-11-8-21(9-12(2)25-11)16(22)10-24-20-7-13-4-5-14(26-17(18)19)15(6-13)23-3/h4-7,11-12,17H,8-10H2,1-3H3. The Morgan fingerprint density at radius 1 is 1.35 bits per heavy atom. The van der Waals surface area contributed by atoms with Gasteiger partial charge in [0.05, 0.1) is 25.5 Å². The lowest BCUT2D eigenvalue weighted by molar-refractivity contribution is -0.147. The third-order valence-corrected chi connectivity index (χ3v) is 3.64. The number of carbonyl (C=O) groups is 1. The number of benzene rings is 1. The zero-order chi connectivity index (χ0) is 19.1. The molecule has 2 rings (SSSR count). The van der Waals surface area contributed by atoms with Crippen LogP contribution in [-0.2, 0) is 14.4 Å². The predicted octanol–water partition coefficient (Wildman–Crippen LogP) is 2.28. The summed E-state index contributed by atoms with van der Waals surface area (Å²) in [5, 5.41) is 3.73. The summed E-state index contributed by atoms with van der Waals surface area (Å²) in [7, 11) is 1.34. The Kier molecular flexibility index (Phi) is 7.14. The summed E-state index contributed by atoms with van der Waals surface area (Å²) in [6.07, 6.45) is 1.31. The summed E-state index contributed by atoms with van der Waals surface area (Å²) in [6.45, 7) is 1.70. The molecule has 1 heterocycles. The molecule has 26 heavy (non-hydrogen) atoms. The summed E-state index contributed by atoms with van der Waals surface area (Å²) >= 11 is 0. The molecule has 1 aliphatic rings. The zero-order valence-corrected chi connectivity index (χ0v) is 14.9. The van der Waals surface area contributed by atoms with E-state index in [2.05, 4.69) is 9.89 Å². The van der Waals surface area contributed by atoms with E-state index in [0.29, 0.717) is 18.7 Å². The number of hydrogen-bond acceptors (Lipinski definition) is 6. The van der Waals surface area contributed by atoms with Crippen molar-refractivity contribution < 1.29 is 32.6 Å². The van der Waals surface area contributed by atoms with E-state index >= 15 is 0 Å². The zero-order valence-electron chi connectivity index (χ0n) is 14.9. The first-order valence-electron chi connectivity index (χ1n) is 8.10. The van der Waals surface area contributed by atoms with Gasteiger partial charge >= 0.3 is 6.61 Å². The van der Waals surface area contributed by atoms with E-state index in [1.807, 2.05) is 13.8 Å². The molecular weight excluding hydrogens is 350 g/mol. The second kappa shape index (κ2) is 9.33. The van der Waals surface area contributed by atoms with E-state index in [4.69, 9.17) is 14.3 Å². The lowest BCUT2D eigenvalue weighted by atomic mass is 10.2. The minimum atomic E-state index is -2.94. The predicted molar refractivity (Wildman–Crippen MR) is 89.8 cm³/mol. The van der Waals surface area contributed by atoms with Gasteiger partial charge in [-0.05, 0) is 32.0 Å². The highest BCUT2D eigenvalue weighted by molar-refractivity contribution is 5.81. The van der Waals surface area contributed by atoms with Crippen LogP contribution in [0, 0.1) is 0 Å². The molecule has 0 saturated carbocycles. The van der Waals surface area contributed by atoms with Gasteiger partial charge in [-0.25, -0.2) is 0 Å².